The first-order valence-corrected chi connectivity index (χ1v) is 6.55. The number of carbonyl (C=O) groups is 4. The summed E-state index contributed by atoms with van der Waals surface area (Å²) < 4.78 is 0. The van der Waals surface area contributed by atoms with Crippen molar-refractivity contribution in [2.75, 3.05) is 23.7 Å². The van der Waals surface area contributed by atoms with Gasteiger partial charge in [0.25, 0.3) is 0 Å². The van der Waals surface area contributed by atoms with Gasteiger partial charge in [0.1, 0.15) is 0 Å². The van der Waals surface area contributed by atoms with E-state index < -0.39 is 17.7 Å². The molecule has 0 bridgehead atoms. The number of hydrogen-bond donors (Lipinski definition) is 3. The van der Waals surface area contributed by atoms with Crippen molar-refractivity contribution in [3.05, 3.63) is 24.3 Å². The van der Waals surface area contributed by atoms with Crippen LogP contribution >= 0.6 is 0 Å². The molecule has 0 aromatic heterocycles. The van der Waals surface area contributed by atoms with Gasteiger partial charge < -0.3 is 16.4 Å². The summed E-state index contributed by atoms with van der Waals surface area (Å²) in [6.45, 7) is 2.77. The van der Waals surface area contributed by atoms with Crippen molar-refractivity contribution >= 4 is 35.0 Å². The largest absolute Gasteiger partial charge is 0.399 e. The lowest BCUT2D eigenvalue weighted by Gasteiger charge is -2.19. The number of imide groups is 1. The van der Waals surface area contributed by atoms with Crippen LogP contribution in [0.15, 0.2) is 24.3 Å². The summed E-state index contributed by atoms with van der Waals surface area (Å²) >= 11 is 0. The van der Waals surface area contributed by atoms with Crippen molar-refractivity contribution in [3.63, 3.8) is 0 Å². The van der Waals surface area contributed by atoms with Gasteiger partial charge in [-0.25, -0.2) is 4.90 Å². The molecule has 1 aromatic rings. The molecule has 1 rings (SSSR count). The van der Waals surface area contributed by atoms with Crippen molar-refractivity contribution in [1.82, 2.24) is 10.6 Å². The number of rotatable bonds is 4. The number of nitrogens with two attached hydrogens (primary N) is 1. The van der Waals surface area contributed by atoms with Crippen LogP contribution in [0.4, 0.5) is 11.4 Å². The highest BCUT2D eigenvalue weighted by molar-refractivity contribution is 6.45. The number of anilines is 2. The summed E-state index contributed by atoms with van der Waals surface area (Å²) in [5, 5.41) is 4.80. The van der Waals surface area contributed by atoms with Crippen LogP contribution in [0.5, 0.6) is 0 Å². The van der Waals surface area contributed by atoms with Crippen LogP contribution in [-0.4, -0.2) is 36.7 Å². The average molecular weight is 306 g/mol. The molecule has 0 saturated heterocycles. The molecule has 0 spiro atoms. The van der Waals surface area contributed by atoms with Gasteiger partial charge in [-0.2, -0.15) is 0 Å². The Bertz CT molecular complexity index is 600. The first-order valence-electron chi connectivity index (χ1n) is 6.55. The van der Waals surface area contributed by atoms with Crippen LogP contribution in [0.25, 0.3) is 0 Å². The van der Waals surface area contributed by atoms with E-state index in [0.29, 0.717) is 5.69 Å². The van der Waals surface area contributed by atoms with Crippen LogP contribution < -0.4 is 21.3 Å². The summed E-state index contributed by atoms with van der Waals surface area (Å²) in [5.74, 6) is -2.80. The number of carbonyl (C=O) groups excluding carboxylic acids is 4. The fourth-order valence-corrected chi connectivity index (χ4v) is 1.70. The highest BCUT2D eigenvalue weighted by Crippen LogP contribution is 2.18. The summed E-state index contributed by atoms with van der Waals surface area (Å²) in [6, 6.07) is 6.09. The molecule has 0 unspecified atom stereocenters. The Kier molecular flexibility index (Phi) is 6.06. The second-order valence-corrected chi connectivity index (χ2v) is 4.49. The van der Waals surface area contributed by atoms with E-state index in [-0.39, 0.29) is 24.7 Å². The van der Waals surface area contributed by atoms with E-state index in [1.54, 1.807) is 12.1 Å². The van der Waals surface area contributed by atoms with Crippen LogP contribution in [0.3, 0.4) is 0 Å². The van der Waals surface area contributed by atoms with Gasteiger partial charge in [-0.15, -0.1) is 0 Å². The van der Waals surface area contributed by atoms with Crippen molar-refractivity contribution < 1.29 is 19.2 Å². The number of benzene rings is 1. The van der Waals surface area contributed by atoms with E-state index in [1.165, 1.54) is 26.0 Å². The summed E-state index contributed by atoms with van der Waals surface area (Å²) in [5.41, 5.74) is 6.19. The van der Waals surface area contributed by atoms with Crippen LogP contribution in [0, 0.1) is 0 Å². The molecule has 118 valence electrons. The zero-order chi connectivity index (χ0) is 16.7. The first-order chi connectivity index (χ1) is 10.3. The minimum Gasteiger partial charge on any atom is -0.399 e. The maximum absolute atomic E-state index is 12.1. The minimum atomic E-state index is -1.01. The van der Waals surface area contributed by atoms with E-state index in [2.05, 4.69) is 10.6 Å². The third-order valence-corrected chi connectivity index (χ3v) is 2.63. The Labute approximate surface area is 127 Å². The van der Waals surface area contributed by atoms with Gasteiger partial charge in [-0.1, -0.05) is 6.07 Å². The van der Waals surface area contributed by atoms with Gasteiger partial charge in [0.2, 0.25) is 11.8 Å². The van der Waals surface area contributed by atoms with Gasteiger partial charge in [0, 0.05) is 32.6 Å². The Morgan fingerprint density at radius 1 is 1.09 bits per heavy atom. The predicted octanol–water partition coefficient (Wildman–Crippen LogP) is -0.599. The molecule has 0 heterocycles. The normalized spacial score (nSPS) is 9.73. The van der Waals surface area contributed by atoms with Crippen LogP contribution in [0.1, 0.15) is 13.8 Å². The van der Waals surface area contributed by atoms with E-state index in [0.717, 1.165) is 4.90 Å². The van der Waals surface area contributed by atoms with Gasteiger partial charge in [-0.3, -0.25) is 19.2 Å². The number of nitrogens with zero attached hydrogens (tertiary/aromatic N) is 1. The molecule has 0 aliphatic rings. The molecule has 0 aliphatic carbocycles. The van der Waals surface area contributed by atoms with Crippen LogP contribution in [-0.2, 0) is 19.2 Å². The number of hydrogen-bond acceptors (Lipinski definition) is 5. The lowest BCUT2D eigenvalue weighted by atomic mass is 10.2. The molecular formula is C14H18N4O4. The zero-order valence-electron chi connectivity index (χ0n) is 12.4. The molecule has 0 fully saturated rings. The fraction of sp³-hybridized carbons (Fsp3) is 0.286. The summed E-state index contributed by atoms with van der Waals surface area (Å²) in [7, 11) is 0. The maximum Gasteiger partial charge on any atom is 0.323 e. The van der Waals surface area contributed by atoms with Crippen molar-refractivity contribution in [1.29, 1.82) is 0 Å². The van der Waals surface area contributed by atoms with Crippen molar-refractivity contribution in [2.45, 2.75) is 13.8 Å². The quantitative estimate of drug-likeness (QED) is 0.389. The highest BCUT2D eigenvalue weighted by atomic mass is 16.2. The Morgan fingerprint density at radius 2 is 1.73 bits per heavy atom. The third-order valence-electron chi connectivity index (χ3n) is 2.63. The van der Waals surface area contributed by atoms with Gasteiger partial charge >= 0.3 is 11.8 Å². The Balaban J connectivity index is 2.75. The standard InChI is InChI=1S/C14H18N4O4/c1-9(19)16-6-7-17-13(21)14(22)18(10(2)20)12-5-3-4-11(15)8-12/h3-5,8H,6-7,15H2,1-2H3,(H,16,19)(H,17,21). The molecule has 0 radical (unpaired) electrons. The topological polar surface area (TPSA) is 122 Å². The number of nitrogens with one attached hydrogen (secondary N) is 2. The molecule has 22 heavy (non-hydrogen) atoms. The van der Waals surface area contributed by atoms with Gasteiger partial charge in [-0.05, 0) is 18.2 Å². The highest BCUT2D eigenvalue weighted by Gasteiger charge is 2.26. The fourth-order valence-electron chi connectivity index (χ4n) is 1.70. The first kappa shape index (κ1) is 17.2. The zero-order valence-corrected chi connectivity index (χ0v) is 12.4. The summed E-state index contributed by atoms with van der Waals surface area (Å²) in [4.78, 5) is 47.0. The minimum absolute atomic E-state index is 0.0762. The lowest BCUT2D eigenvalue weighted by molar-refractivity contribution is -0.139. The van der Waals surface area contributed by atoms with E-state index in [4.69, 9.17) is 5.73 Å². The third kappa shape index (κ3) is 4.89. The molecule has 8 heteroatoms. The molecule has 4 amide bonds. The van der Waals surface area contributed by atoms with Gasteiger partial charge in [0.15, 0.2) is 0 Å². The monoisotopic (exact) mass is 306 g/mol. The lowest BCUT2D eigenvalue weighted by Crippen LogP contribution is -2.47. The smallest absolute Gasteiger partial charge is 0.323 e. The molecule has 4 N–H and O–H groups in total. The second kappa shape index (κ2) is 7.77. The van der Waals surface area contributed by atoms with Gasteiger partial charge in [0.05, 0.1) is 5.69 Å². The second-order valence-electron chi connectivity index (χ2n) is 4.49. The predicted molar refractivity (Wildman–Crippen MR) is 80.7 cm³/mol. The number of amides is 4. The molecule has 0 atom stereocenters. The molecule has 0 aliphatic heterocycles. The molecule has 8 nitrogen and oxygen atoms in total. The van der Waals surface area contributed by atoms with E-state index in [1.807, 2.05) is 0 Å². The molecule has 1 aromatic carbocycles. The van der Waals surface area contributed by atoms with Crippen LogP contribution in [0.2, 0.25) is 0 Å². The SMILES string of the molecule is CC(=O)NCCNC(=O)C(=O)N(C(C)=O)c1cccc(N)c1. The number of nitrogen functional groups attached to an aromatic ring is 1. The maximum atomic E-state index is 12.1. The molecular weight excluding hydrogens is 288 g/mol. The van der Waals surface area contributed by atoms with E-state index >= 15 is 0 Å². The average Bonchev–Trinajstić information content (AvgIpc) is 2.43. The van der Waals surface area contributed by atoms with Crippen molar-refractivity contribution in [3.8, 4) is 0 Å². The van der Waals surface area contributed by atoms with E-state index in [9.17, 15) is 19.2 Å². The summed E-state index contributed by atoms with van der Waals surface area (Å²) in [6.07, 6.45) is 0. The van der Waals surface area contributed by atoms with Crippen molar-refractivity contribution in [2.24, 2.45) is 0 Å². The molecule has 0 saturated carbocycles. The Morgan fingerprint density at radius 3 is 2.27 bits per heavy atom. The Hall–Kier alpha value is -2.90.